The minimum Gasteiger partial charge on any atom is -0.380 e. The Morgan fingerprint density at radius 3 is 2.75 bits per heavy atom. The van der Waals surface area contributed by atoms with E-state index in [1.54, 1.807) is 0 Å². The minimum atomic E-state index is 0.664. The zero-order chi connectivity index (χ0) is 8.97. The number of ether oxygens (including phenoxy) is 1. The van der Waals surface area contributed by atoms with Crippen molar-refractivity contribution in [2.45, 2.75) is 32.7 Å². The van der Waals surface area contributed by atoms with Crippen LogP contribution in [0.4, 0.5) is 0 Å². The molecule has 0 unspecified atom stereocenters. The van der Waals surface area contributed by atoms with Crippen LogP contribution in [0.1, 0.15) is 26.7 Å². The maximum Gasteiger partial charge on any atom is 0.0621 e. The van der Waals surface area contributed by atoms with E-state index < -0.39 is 0 Å². The van der Waals surface area contributed by atoms with E-state index in [4.69, 9.17) is 4.74 Å². The van der Waals surface area contributed by atoms with Crippen molar-refractivity contribution in [1.82, 2.24) is 4.90 Å². The summed E-state index contributed by atoms with van der Waals surface area (Å²) < 4.78 is 5.61. The van der Waals surface area contributed by atoms with Gasteiger partial charge in [-0.25, -0.2) is 0 Å². The molecule has 2 nitrogen and oxygen atoms in total. The fourth-order valence-corrected chi connectivity index (χ4v) is 1.63. The molecule has 0 aliphatic carbocycles. The van der Waals surface area contributed by atoms with Crippen LogP contribution in [0.5, 0.6) is 0 Å². The van der Waals surface area contributed by atoms with Crippen LogP contribution in [-0.2, 0) is 4.74 Å². The predicted molar refractivity (Wildman–Crippen MR) is 51.3 cm³/mol. The van der Waals surface area contributed by atoms with Crippen LogP contribution in [0.2, 0.25) is 0 Å². The maximum absolute atomic E-state index is 5.61. The standard InChI is InChI=1S/C10H21NO/c1-9(2)7-12-8-10-5-4-6-11(10)3/h9-10H,4-8H2,1-3H3/t10-/m0/s1. The van der Waals surface area contributed by atoms with Crippen LogP contribution in [0, 0.1) is 5.92 Å². The summed E-state index contributed by atoms with van der Waals surface area (Å²) in [5.41, 5.74) is 0. The van der Waals surface area contributed by atoms with Crippen LogP contribution < -0.4 is 0 Å². The van der Waals surface area contributed by atoms with Crippen LogP contribution in [0.25, 0.3) is 0 Å². The molecule has 2 heteroatoms. The van der Waals surface area contributed by atoms with Crippen molar-refractivity contribution < 1.29 is 4.74 Å². The van der Waals surface area contributed by atoms with E-state index in [-0.39, 0.29) is 0 Å². The molecule has 0 radical (unpaired) electrons. The van der Waals surface area contributed by atoms with Gasteiger partial charge in [-0.2, -0.15) is 0 Å². The van der Waals surface area contributed by atoms with Crippen molar-refractivity contribution in [3.63, 3.8) is 0 Å². The summed E-state index contributed by atoms with van der Waals surface area (Å²) in [7, 11) is 2.19. The Bertz CT molecular complexity index is 125. The van der Waals surface area contributed by atoms with E-state index in [9.17, 15) is 0 Å². The SMILES string of the molecule is CC(C)COC[C@@H]1CCCN1C. The van der Waals surface area contributed by atoms with Crippen LogP contribution in [0.3, 0.4) is 0 Å². The summed E-state index contributed by atoms with van der Waals surface area (Å²) in [4.78, 5) is 2.40. The Labute approximate surface area is 75.9 Å². The van der Waals surface area contributed by atoms with Gasteiger partial charge in [0.05, 0.1) is 6.61 Å². The summed E-state index contributed by atoms with van der Waals surface area (Å²) >= 11 is 0. The first-order valence-corrected chi connectivity index (χ1v) is 4.98. The third-order valence-electron chi connectivity index (χ3n) is 2.43. The molecule has 0 spiro atoms. The molecule has 1 atom stereocenters. The maximum atomic E-state index is 5.61. The molecule has 0 aromatic heterocycles. The largest absolute Gasteiger partial charge is 0.380 e. The van der Waals surface area contributed by atoms with Gasteiger partial charge in [-0.05, 0) is 32.4 Å². The van der Waals surface area contributed by atoms with Crippen molar-refractivity contribution in [2.75, 3.05) is 26.8 Å². The highest BCUT2D eigenvalue weighted by atomic mass is 16.5. The lowest BCUT2D eigenvalue weighted by Crippen LogP contribution is -2.29. The Kier molecular flexibility index (Phi) is 4.02. The summed E-state index contributed by atoms with van der Waals surface area (Å²) in [5.74, 6) is 0.664. The fraction of sp³-hybridized carbons (Fsp3) is 1.00. The average molecular weight is 171 g/mol. The number of likely N-dealkylation sites (tertiary alicyclic amines) is 1. The molecule has 0 saturated carbocycles. The van der Waals surface area contributed by atoms with Crippen molar-refractivity contribution >= 4 is 0 Å². The molecule has 72 valence electrons. The van der Waals surface area contributed by atoms with E-state index in [1.807, 2.05) is 0 Å². The molecule has 12 heavy (non-hydrogen) atoms. The molecule has 1 rings (SSSR count). The second-order valence-corrected chi connectivity index (χ2v) is 4.21. The first-order chi connectivity index (χ1) is 5.70. The fourth-order valence-electron chi connectivity index (χ4n) is 1.63. The van der Waals surface area contributed by atoms with Crippen LogP contribution in [0.15, 0.2) is 0 Å². The molecule has 1 fully saturated rings. The van der Waals surface area contributed by atoms with Gasteiger partial charge in [0.25, 0.3) is 0 Å². The van der Waals surface area contributed by atoms with Crippen molar-refractivity contribution in [1.29, 1.82) is 0 Å². The lowest BCUT2D eigenvalue weighted by atomic mass is 10.2. The van der Waals surface area contributed by atoms with Gasteiger partial charge in [0.15, 0.2) is 0 Å². The van der Waals surface area contributed by atoms with Crippen molar-refractivity contribution in [2.24, 2.45) is 5.92 Å². The highest BCUT2D eigenvalue weighted by Crippen LogP contribution is 2.14. The van der Waals surface area contributed by atoms with Gasteiger partial charge in [-0.15, -0.1) is 0 Å². The zero-order valence-corrected chi connectivity index (χ0v) is 8.55. The second-order valence-electron chi connectivity index (χ2n) is 4.21. The van der Waals surface area contributed by atoms with E-state index in [0.717, 1.165) is 13.2 Å². The van der Waals surface area contributed by atoms with E-state index >= 15 is 0 Å². The molecule has 0 amide bonds. The Morgan fingerprint density at radius 1 is 1.50 bits per heavy atom. The summed E-state index contributed by atoms with van der Waals surface area (Å²) in [6, 6.07) is 0.684. The minimum absolute atomic E-state index is 0.664. The van der Waals surface area contributed by atoms with Gasteiger partial charge in [-0.1, -0.05) is 13.8 Å². The monoisotopic (exact) mass is 171 g/mol. The van der Waals surface area contributed by atoms with E-state index in [2.05, 4.69) is 25.8 Å². The average Bonchev–Trinajstić information content (AvgIpc) is 2.36. The summed E-state index contributed by atoms with van der Waals surface area (Å²) in [6.45, 7) is 7.46. The first kappa shape index (κ1) is 10.0. The van der Waals surface area contributed by atoms with Gasteiger partial charge in [0.2, 0.25) is 0 Å². The second kappa shape index (κ2) is 4.83. The highest BCUT2D eigenvalue weighted by molar-refractivity contribution is 4.75. The van der Waals surface area contributed by atoms with Crippen LogP contribution >= 0.6 is 0 Å². The topological polar surface area (TPSA) is 12.5 Å². The first-order valence-electron chi connectivity index (χ1n) is 4.98. The number of hydrogen-bond acceptors (Lipinski definition) is 2. The number of likely N-dealkylation sites (N-methyl/N-ethyl adjacent to an activating group) is 1. The molecular weight excluding hydrogens is 150 g/mol. The molecule has 0 bridgehead atoms. The third-order valence-corrected chi connectivity index (χ3v) is 2.43. The summed E-state index contributed by atoms with van der Waals surface area (Å²) in [6.07, 6.45) is 2.65. The molecule has 1 aliphatic heterocycles. The molecule has 1 aliphatic rings. The Balaban J connectivity index is 2.06. The van der Waals surface area contributed by atoms with Gasteiger partial charge in [-0.3, -0.25) is 0 Å². The molecule has 1 saturated heterocycles. The predicted octanol–water partition coefficient (Wildman–Crippen LogP) is 1.75. The molecule has 0 N–H and O–H groups in total. The molecule has 1 heterocycles. The van der Waals surface area contributed by atoms with Gasteiger partial charge >= 0.3 is 0 Å². The van der Waals surface area contributed by atoms with Crippen LogP contribution in [-0.4, -0.2) is 37.7 Å². The molecule has 0 aromatic rings. The van der Waals surface area contributed by atoms with E-state index in [1.165, 1.54) is 19.4 Å². The highest BCUT2D eigenvalue weighted by Gasteiger charge is 2.20. The Hall–Kier alpha value is -0.0800. The quantitative estimate of drug-likeness (QED) is 0.639. The van der Waals surface area contributed by atoms with Gasteiger partial charge in [0.1, 0.15) is 0 Å². The van der Waals surface area contributed by atoms with Gasteiger partial charge < -0.3 is 9.64 Å². The van der Waals surface area contributed by atoms with Gasteiger partial charge in [0, 0.05) is 12.6 Å². The van der Waals surface area contributed by atoms with E-state index in [0.29, 0.717) is 12.0 Å². The molecule has 0 aromatic carbocycles. The van der Waals surface area contributed by atoms with Crippen molar-refractivity contribution in [3.8, 4) is 0 Å². The lowest BCUT2D eigenvalue weighted by molar-refractivity contribution is 0.0689. The normalized spacial score (nSPS) is 25.5. The Morgan fingerprint density at radius 2 is 2.25 bits per heavy atom. The lowest BCUT2D eigenvalue weighted by Gasteiger charge is -2.19. The smallest absolute Gasteiger partial charge is 0.0621 e. The van der Waals surface area contributed by atoms with Crippen molar-refractivity contribution in [3.05, 3.63) is 0 Å². The molecular formula is C10H21NO. The number of hydrogen-bond donors (Lipinski definition) is 0. The number of rotatable bonds is 4. The number of nitrogens with zero attached hydrogens (tertiary/aromatic N) is 1. The third kappa shape index (κ3) is 3.11. The summed E-state index contributed by atoms with van der Waals surface area (Å²) in [5, 5.41) is 0. The zero-order valence-electron chi connectivity index (χ0n) is 8.55.